The van der Waals surface area contributed by atoms with Crippen LogP contribution < -0.4 is 15.4 Å². The molecule has 1 aromatic rings. The number of carbonyl (C=O) groups is 1. The molecule has 24 heavy (non-hydrogen) atoms. The monoisotopic (exact) mass is 353 g/mol. The zero-order valence-corrected chi connectivity index (χ0v) is 15.2. The molecule has 1 heterocycles. The highest BCUT2D eigenvalue weighted by Gasteiger charge is 2.28. The lowest BCUT2D eigenvalue weighted by atomic mass is 10.1. The zero-order chi connectivity index (χ0) is 17.7. The summed E-state index contributed by atoms with van der Waals surface area (Å²) in [6.07, 6.45) is 3.58. The van der Waals surface area contributed by atoms with Crippen molar-refractivity contribution < 1.29 is 13.2 Å². The maximum absolute atomic E-state index is 12.5. The average molecular weight is 353 g/mol. The van der Waals surface area contributed by atoms with Crippen molar-refractivity contribution in [3.63, 3.8) is 0 Å². The van der Waals surface area contributed by atoms with Gasteiger partial charge in [-0.25, -0.2) is 8.42 Å². The third kappa shape index (κ3) is 4.27. The van der Waals surface area contributed by atoms with Gasteiger partial charge < -0.3 is 11.1 Å². The molecule has 1 unspecified atom stereocenters. The Bertz CT molecular complexity index is 688. The van der Waals surface area contributed by atoms with Crippen molar-refractivity contribution in [2.45, 2.75) is 45.6 Å². The van der Waals surface area contributed by atoms with Crippen LogP contribution in [0.4, 0.5) is 5.69 Å². The molecule has 1 amide bonds. The molecular formula is C17H27N3O3S. The van der Waals surface area contributed by atoms with Crippen LogP contribution in [-0.2, 0) is 10.0 Å². The van der Waals surface area contributed by atoms with Gasteiger partial charge in [-0.1, -0.05) is 19.8 Å². The molecule has 3 N–H and O–H groups in total. The number of nitrogens with one attached hydrogen (secondary N) is 1. The second-order valence-electron chi connectivity index (χ2n) is 6.29. The molecule has 6 nitrogen and oxygen atoms in total. The van der Waals surface area contributed by atoms with E-state index in [-0.39, 0.29) is 17.7 Å². The summed E-state index contributed by atoms with van der Waals surface area (Å²) >= 11 is 0. The van der Waals surface area contributed by atoms with Crippen molar-refractivity contribution in [1.82, 2.24) is 5.32 Å². The van der Waals surface area contributed by atoms with Gasteiger partial charge in [0.25, 0.3) is 5.91 Å². The molecule has 0 bridgehead atoms. The Kier molecular flexibility index (Phi) is 6.23. The number of nitrogens with two attached hydrogens (primary N) is 1. The summed E-state index contributed by atoms with van der Waals surface area (Å²) in [4.78, 5) is 12.5. The van der Waals surface area contributed by atoms with Gasteiger partial charge in [-0.05, 0) is 43.5 Å². The lowest BCUT2D eigenvalue weighted by Crippen LogP contribution is -2.40. The quantitative estimate of drug-likeness (QED) is 0.781. The third-order valence-electron chi connectivity index (χ3n) is 4.37. The summed E-state index contributed by atoms with van der Waals surface area (Å²) < 4.78 is 25.4. The van der Waals surface area contributed by atoms with Gasteiger partial charge in [0.15, 0.2) is 0 Å². The molecule has 134 valence electrons. The summed E-state index contributed by atoms with van der Waals surface area (Å²) in [5.74, 6) is 0.0269. The predicted molar refractivity (Wildman–Crippen MR) is 96.8 cm³/mol. The van der Waals surface area contributed by atoms with E-state index in [0.717, 1.165) is 24.8 Å². The number of benzene rings is 1. The van der Waals surface area contributed by atoms with Gasteiger partial charge in [-0.15, -0.1) is 0 Å². The van der Waals surface area contributed by atoms with Crippen molar-refractivity contribution >= 4 is 21.6 Å². The van der Waals surface area contributed by atoms with E-state index in [2.05, 4.69) is 12.2 Å². The van der Waals surface area contributed by atoms with E-state index in [9.17, 15) is 13.2 Å². The van der Waals surface area contributed by atoms with Gasteiger partial charge in [-0.2, -0.15) is 0 Å². The third-order valence-corrected chi connectivity index (χ3v) is 6.24. The van der Waals surface area contributed by atoms with Gasteiger partial charge in [0, 0.05) is 24.7 Å². The number of carbonyl (C=O) groups excluding carboxylic acids is 1. The Hall–Kier alpha value is -1.60. The predicted octanol–water partition coefficient (Wildman–Crippen LogP) is 1.78. The van der Waals surface area contributed by atoms with E-state index in [4.69, 9.17) is 5.73 Å². The van der Waals surface area contributed by atoms with E-state index < -0.39 is 10.0 Å². The smallest absolute Gasteiger partial charge is 0.251 e. The molecule has 1 fully saturated rings. The highest BCUT2D eigenvalue weighted by atomic mass is 32.2. The van der Waals surface area contributed by atoms with Crippen LogP contribution in [0.5, 0.6) is 0 Å². The van der Waals surface area contributed by atoms with Crippen molar-refractivity contribution in [3.8, 4) is 0 Å². The number of hydrogen-bond donors (Lipinski definition) is 2. The fourth-order valence-corrected chi connectivity index (χ4v) is 4.51. The molecule has 2 rings (SSSR count). The number of unbranched alkanes of at least 4 members (excludes halogenated alkanes) is 1. The van der Waals surface area contributed by atoms with Crippen LogP contribution in [-0.4, -0.2) is 39.2 Å². The average Bonchev–Trinajstić information content (AvgIpc) is 2.90. The second-order valence-corrected chi connectivity index (χ2v) is 8.30. The zero-order valence-electron chi connectivity index (χ0n) is 14.4. The molecule has 1 aliphatic heterocycles. The summed E-state index contributed by atoms with van der Waals surface area (Å²) in [6, 6.07) is 5.13. The van der Waals surface area contributed by atoms with Gasteiger partial charge in [0.2, 0.25) is 10.0 Å². The molecule has 0 saturated carbocycles. The largest absolute Gasteiger partial charge is 0.348 e. The van der Waals surface area contributed by atoms with Crippen LogP contribution in [0.1, 0.15) is 48.5 Å². The van der Waals surface area contributed by atoms with E-state index >= 15 is 0 Å². The first-order chi connectivity index (χ1) is 11.4. The van der Waals surface area contributed by atoms with Crippen LogP contribution in [0.25, 0.3) is 0 Å². The molecule has 1 aromatic carbocycles. The van der Waals surface area contributed by atoms with Crippen molar-refractivity contribution in [2.24, 2.45) is 5.73 Å². The Morgan fingerprint density at radius 2 is 2.17 bits per heavy atom. The molecule has 7 heteroatoms. The molecule has 0 radical (unpaired) electrons. The Balaban J connectivity index is 2.13. The molecule has 1 atom stereocenters. The van der Waals surface area contributed by atoms with Crippen molar-refractivity contribution in [1.29, 1.82) is 0 Å². The number of hydrogen-bond acceptors (Lipinski definition) is 4. The highest BCUT2D eigenvalue weighted by molar-refractivity contribution is 7.93. The number of sulfonamides is 1. The molecule has 1 saturated heterocycles. The molecular weight excluding hydrogens is 326 g/mol. The van der Waals surface area contributed by atoms with Gasteiger partial charge in [0.1, 0.15) is 0 Å². The van der Waals surface area contributed by atoms with Crippen molar-refractivity contribution in [3.05, 3.63) is 29.3 Å². The Morgan fingerprint density at radius 1 is 1.42 bits per heavy atom. The minimum Gasteiger partial charge on any atom is -0.348 e. The normalized spacial score (nSPS) is 17.7. The van der Waals surface area contributed by atoms with Gasteiger partial charge in [-0.3, -0.25) is 9.10 Å². The summed E-state index contributed by atoms with van der Waals surface area (Å²) in [7, 11) is -3.21. The van der Waals surface area contributed by atoms with Gasteiger partial charge >= 0.3 is 0 Å². The fraction of sp³-hybridized carbons (Fsp3) is 0.588. The lowest BCUT2D eigenvalue weighted by Gasteiger charge is -2.20. The van der Waals surface area contributed by atoms with Crippen LogP contribution in [0.3, 0.4) is 0 Å². The van der Waals surface area contributed by atoms with E-state index in [0.29, 0.717) is 30.8 Å². The SMILES string of the molecule is CCCCC(CN)NC(=O)c1ccc(N2CCCS2(=O)=O)cc1C. The topological polar surface area (TPSA) is 92.5 Å². The molecule has 1 aliphatic rings. The highest BCUT2D eigenvalue weighted by Crippen LogP contribution is 2.26. The van der Waals surface area contributed by atoms with Crippen LogP contribution in [0, 0.1) is 6.92 Å². The van der Waals surface area contributed by atoms with E-state index in [1.807, 2.05) is 6.92 Å². The minimum atomic E-state index is -3.21. The number of anilines is 1. The van der Waals surface area contributed by atoms with Crippen LogP contribution in [0.2, 0.25) is 0 Å². The lowest BCUT2D eigenvalue weighted by molar-refractivity contribution is 0.0935. The minimum absolute atomic E-state index is 0.0320. The van der Waals surface area contributed by atoms with E-state index in [1.54, 1.807) is 18.2 Å². The Morgan fingerprint density at radius 3 is 2.71 bits per heavy atom. The number of rotatable bonds is 7. The first-order valence-corrected chi connectivity index (χ1v) is 10.1. The molecule has 0 spiro atoms. The maximum atomic E-state index is 12.5. The van der Waals surface area contributed by atoms with Crippen LogP contribution >= 0.6 is 0 Å². The second kappa shape index (κ2) is 7.98. The van der Waals surface area contributed by atoms with Crippen LogP contribution in [0.15, 0.2) is 18.2 Å². The van der Waals surface area contributed by atoms with Gasteiger partial charge in [0.05, 0.1) is 11.4 Å². The molecule has 0 aromatic heterocycles. The maximum Gasteiger partial charge on any atom is 0.251 e. The fourth-order valence-electron chi connectivity index (χ4n) is 2.95. The summed E-state index contributed by atoms with van der Waals surface area (Å²) in [6.45, 7) is 4.84. The number of aryl methyl sites for hydroxylation is 1. The number of nitrogens with zero attached hydrogens (tertiary/aromatic N) is 1. The first-order valence-electron chi connectivity index (χ1n) is 8.51. The summed E-state index contributed by atoms with van der Waals surface area (Å²) in [5, 5.41) is 2.97. The standard InChI is InChI=1S/C17H27N3O3S/c1-3-4-6-14(12-18)19-17(21)16-8-7-15(11-13(16)2)20-9-5-10-24(20,22)23/h7-8,11,14H,3-6,9-10,12,18H2,1-2H3,(H,19,21). The summed E-state index contributed by atoms with van der Waals surface area (Å²) in [5.41, 5.74) is 7.68. The first kappa shape index (κ1) is 18.7. The number of amides is 1. The Labute approximate surface area is 144 Å². The molecule has 0 aliphatic carbocycles. The van der Waals surface area contributed by atoms with Crippen molar-refractivity contribution in [2.75, 3.05) is 23.1 Å². The van der Waals surface area contributed by atoms with E-state index in [1.165, 1.54) is 4.31 Å².